The molecule has 118 valence electrons. The van der Waals surface area contributed by atoms with Gasteiger partial charge in [0.2, 0.25) is 0 Å². The van der Waals surface area contributed by atoms with Gasteiger partial charge in [-0.1, -0.05) is 26.2 Å². The second kappa shape index (κ2) is 9.01. The highest BCUT2D eigenvalue weighted by Gasteiger charge is 2.27. The molecule has 3 heteroatoms. The maximum Gasteiger partial charge on any atom is 0.0471 e. The lowest BCUT2D eigenvalue weighted by Crippen LogP contribution is -2.45. The summed E-state index contributed by atoms with van der Waals surface area (Å²) in [5.74, 6) is 1.35. The minimum absolute atomic E-state index is 0.374. The van der Waals surface area contributed by atoms with Crippen LogP contribution < -0.4 is 5.32 Å². The smallest absolute Gasteiger partial charge is 0.0471 e. The molecule has 0 aromatic carbocycles. The fourth-order valence-electron chi connectivity index (χ4n) is 4.00. The van der Waals surface area contributed by atoms with Crippen molar-refractivity contribution < 1.29 is 5.11 Å². The Labute approximate surface area is 125 Å². The van der Waals surface area contributed by atoms with Gasteiger partial charge < -0.3 is 15.3 Å². The van der Waals surface area contributed by atoms with Gasteiger partial charge in [0.1, 0.15) is 0 Å². The van der Waals surface area contributed by atoms with Crippen LogP contribution in [0.4, 0.5) is 0 Å². The molecule has 1 aliphatic heterocycles. The average Bonchev–Trinajstić information content (AvgIpc) is 2.70. The van der Waals surface area contributed by atoms with Crippen LogP contribution in [0.1, 0.15) is 58.3 Å². The lowest BCUT2D eigenvalue weighted by molar-refractivity contribution is 0.0990. The fraction of sp³-hybridized carbons (Fsp3) is 1.00. The van der Waals surface area contributed by atoms with E-state index in [0.717, 1.165) is 18.5 Å². The summed E-state index contributed by atoms with van der Waals surface area (Å²) in [6, 6.07) is 0.729. The number of hydrogen-bond acceptors (Lipinski definition) is 3. The SMILES string of the molecule is CCCNC1CCCCCC1CN1CCCC(CO)C1. The maximum atomic E-state index is 9.39. The molecule has 1 aliphatic carbocycles. The quantitative estimate of drug-likeness (QED) is 0.735. The van der Waals surface area contributed by atoms with Gasteiger partial charge in [-0.25, -0.2) is 0 Å². The molecule has 0 aromatic rings. The minimum Gasteiger partial charge on any atom is -0.396 e. The van der Waals surface area contributed by atoms with Crippen LogP contribution >= 0.6 is 0 Å². The molecule has 0 aromatic heterocycles. The van der Waals surface area contributed by atoms with Gasteiger partial charge in [0.05, 0.1) is 0 Å². The van der Waals surface area contributed by atoms with E-state index in [1.165, 1.54) is 71.0 Å². The fourth-order valence-corrected chi connectivity index (χ4v) is 4.00. The Morgan fingerprint density at radius 1 is 1.10 bits per heavy atom. The van der Waals surface area contributed by atoms with Crippen LogP contribution in [0.25, 0.3) is 0 Å². The first-order valence-electron chi connectivity index (χ1n) is 8.90. The van der Waals surface area contributed by atoms with Gasteiger partial charge in [-0.15, -0.1) is 0 Å². The Balaban J connectivity index is 1.85. The monoisotopic (exact) mass is 282 g/mol. The van der Waals surface area contributed by atoms with Gasteiger partial charge in [-0.05, 0) is 57.0 Å². The normalized spacial score (nSPS) is 33.0. The van der Waals surface area contributed by atoms with Crippen LogP contribution in [0.3, 0.4) is 0 Å². The highest BCUT2D eigenvalue weighted by atomic mass is 16.3. The molecule has 2 fully saturated rings. The second-order valence-electron chi connectivity index (χ2n) is 6.91. The minimum atomic E-state index is 0.374. The van der Waals surface area contributed by atoms with Crippen LogP contribution in [-0.4, -0.2) is 48.8 Å². The van der Waals surface area contributed by atoms with Crippen LogP contribution in [0.2, 0.25) is 0 Å². The molecule has 20 heavy (non-hydrogen) atoms. The molecule has 1 saturated carbocycles. The summed E-state index contributed by atoms with van der Waals surface area (Å²) in [5, 5.41) is 13.2. The van der Waals surface area contributed by atoms with Crippen molar-refractivity contribution in [1.82, 2.24) is 10.2 Å². The predicted octanol–water partition coefficient (Wildman–Crippen LogP) is 2.64. The molecule has 3 atom stereocenters. The third-order valence-electron chi connectivity index (χ3n) is 5.17. The van der Waals surface area contributed by atoms with Crippen LogP contribution in [-0.2, 0) is 0 Å². The molecule has 0 bridgehead atoms. The number of rotatable bonds is 6. The summed E-state index contributed by atoms with van der Waals surface area (Å²) < 4.78 is 0. The summed E-state index contributed by atoms with van der Waals surface area (Å²) in [6.45, 7) is 7.41. The standard InChI is InChI=1S/C17H34N2O/c1-2-10-18-17-9-5-3-4-8-16(17)13-19-11-6-7-15(12-19)14-20/h15-18,20H,2-14H2,1H3. The highest BCUT2D eigenvalue weighted by molar-refractivity contribution is 4.83. The zero-order chi connectivity index (χ0) is 14.2. The summed E-state index contributed by atoms with van der Waals surface area (Å²) in [7, 11) is 0. The Morgan fingerprint density at radius 2 is 1.95 bits per heavy atom. The summed E-state index contributed by atoms with van der Waals surface area (Å²) >= 11 is 0. The molecule has 0 radical (unpaired) electrons. The Kier molecular flexibility index (Phi) is 7.32. The number of aliphatic hydroxyl groups is 1. The maximum absolute atomic E-state index is 9.39. The van der Waals surface area contributed by atoms with E-state index in [0.29, 0.717) is 12.5 Å². The molecule has 1 saturated heterocycles. The van der Waals surface area contributed by atoms with E-state index in [4.69, 9.17) is 0 Å². The number of nitrogens with one attached hydrogen (secondary N) is 1. The number of hydrogen-bond donors (Lipinski definition) is 2. The van der Waals surface area contributed by atoms with Crippen molar-refractivity contribution in [3.8, 4) is 0 Å². The van der Waals surface area contributed by atoms with Crippen molar-refractivity contribution >= 4 is 0 Å². The lowest BCUT2D eigenvalue weighted by atomic mass is 9.91. The third kappa shape index (κ3) is 5.01. The highest BCUT2D eigenvalue weighted by Crippen LogP contribution is 2.26. The van der Waals surface area contributed by atoms with E-state index in [2.05, 4.69) is 17.1 Å². The van der Waals surface area contributed by atoms with Crippen LogP contribution in [0.5, 0.6) is 0 Å². The largest absolute Gasteiger partial charge is 0.396 e. The van der Waals surface area contributed by atoms with Gasteiger partial charge in [-0.3, -0.25) is 0 Å². The van der Waals surface area contributed by atoms with Crippen LogP contribution in [0, 0.1) is 11.8 Å². The Bertz CT molecular complexity index is 259. The average molecular weight is 282 g/mol. The number of piperidine rings is 1. The van der Waals surface area contributed by atoms with E-state index in [1.54, 1.807) is 0 Å². The van der Waals surface area contributed by atoms with Gasteiger partial charge in [0.25, 0.3) is 0 Å². The third-order valence-corrected chi connectivity index (χ3v) is 5.17. The molecule has 1 heterocycles. The van der Waals surface area contributed by atoms with E-state index < -0.39 is 0 Å². The van der Waals surface area contributed by atoms with Crippen molar-refractivity contribution in [1.29, 1.82) is 0 Å². The van der Waals surface area contributed by atoms with E-state index in [1.807, 2.05) is 0 Å². The second-order valence-corrected chi connectivity index (χ2v) is 6.91. The zero-order valence-electron chi connectivity index (χ0n) is 13.3. The zero-order valence-corrected chi connectivity index (χ0v) is 13.3. The predicted molar refractivity (Wildman–Crippen MR) is 84.9 cm³/mol. The topological polar surface area (TPSA) is 35.5 Å². The van der Waals surface area contributed by atoms with Gasteiger partial charge >= 0.3 is 0 Å². The molecule has 2 N–H and O–H groups in total. The summed E-state index contributed by atoms with van der Waals surface area (Å²) in [4.78, 5) is 2.63. The van der Waals surface area contributed by atoms with Gasteiger partial charge in [0.15, 0.2) is 0 Å². The van der Waals surface area contributed by atoms with Crippen molar-refractivity contribution in [3.05, 3.63) is 0 Å². The van der Waals surface area contributed by atoms with Crippen molar-refractivity contribution in [2.45, 2.75) is 64.3 Å². The molecular formula is C17H34N2O. The van der Waals surface area contributed by atoms with Gasteiger partial charge in [0, 0.05) is 25.7 Å². The molecule has 0 spiro atoms. The lowest BCUT2D eigenvalue weighted by Gasteiger charge is -2.36. The summed E-state index contributed by atoms with van der Waals surface area (Å²) in [6.07, 6.45) is 10.7. The summed E-state index contributed by atoms with van der Waals surface area (Å²) in [5.41, 5.74) is 0. The molecule has 0 amide bonds. The number of likely N-dealkylation sites (tertiary alicyclic amines) is 1. The first kappa shape index (κ1) is 16.3. The van der Waals surface area contributed by atoms with Gasteiger partial charge in [-0.2, -0.15) is 0 Å². The van der Waals surface area contributed by atoms with Crippen molar-refractivity contribution in [3.63, 3.8) is 0 Å². The Morgan fingerprint density at radius 3 is 2.75 bits per heavy atom. The van der Waals surface area contributed by atoms with E-state index >= 15 is 0 Å². The first-order valence-corrected chi connectivity index (χ1v) is 8.90. The Hall–Kier alpha value is -0.120. The van der Waals surface area contributed by atoms with Crippen LogP contribution in [0.15, 0.2) is 0 Å². The number of aliphatic hydroxyl groups excluding tert-OH is 1. The molecule has 2 aliphatic rings. The molecule has 3 unspecified atom stereocenters. The van der Waals surface area contributed by atoms with E-state index in [9.17, 15) is 5.11 Å². The number of nitrogens with zero attached hydrogens (tertiary/aromatic N) is 1. The molecule has 3 nitrogen and oxygen atoms in total. The van der Waals surface area contributed by atoms with Crippen molar-refractivity contribution in [2.24, 2.45) is 11.8 Å². The van der Waals surface area contributed by atoms with Crippen molar-refractivity contribution in [2.75, 3.05) is 32.8 Å². The van der Waals surface area contributed by atoms with E-state index in [-0.39, 0.29) is 0 Å². The molecular weight excluding hydrogens is 248 g/mol. The first-order chi connectivity index (χ1) is 9.83. The molecule has 2 rings (SSSR count).